The standard InChI is InChI=1S/C23H25NOS/c1-17-10-12-18(13-11-17)16-20-19-8-4-5-9-21(19)26-22(20)23(25)24-14-6-2-3-7-15-24/h4-5,8-13H,2-3,6-7,14-16H2,1H3. The van der Waals surface area contributed by atoms with Gasteiger partial charge < -0.3 is 4.90 Å². The molecule has 1 aliphatic rings. The summed E-state index contributed by atoms with van der Waals surface area (Å²) in [5, 5.41) is 1.23. The van der Waals surface area contributed by atoms with Gasteiger partial charge in [0.15, 0.2) is 0 Å². The fraction of sp³-hybridized carbons (Fsp3) is 0.348. The van der Waals surface area contributed by atoms with Gasteiger partial charge in [-0.15, -0.1) is 11.3 Å². The van der Waals surface area contributed by atoms with E-state index in [2.05, 4.69) is 60.4 Å². The molecule has 1 saturated heterocycles. The molecule has 2 heterocycles. The molecule has 1 fully saturated rings. The summed E-state index contributed by atoms with van der Waals surface area (Å²) in [5.41, 5.74) is 3.73. The van der Waals surface area contributed by atoms with Crippen molar-refractivity contribution in [2.75, 3.05) is 13.1 Å². The number of rotatable bonds is 3. The average molecular weight is 364 g/mol. The summed E-state index contributed by atoms with van der Waals surface area (Å²) in [4.78, 5) is 16.3. The first-order valence-electron chi connectivity index (χ1n) is 9.57. The van der Waals surface area contributed by atoms with Crippen LogP contribution in [0.2, 0.25) is 0 Å². The maximum atomic E-state index is 13.3. The topological polar surface area (TPSA) is 20.3 Å². The molecule has 0 bridgehead atoms. The van der Waals surface area contributed by atoms with Gasteiger partial charge in [0, 0.05) is 17.8 Å². The fourth-order valence-electron chi connectivity index (χ4n) is 3.77. The molecule has 0 spiro atoms. The van der Waals surface area contributed by atoms with Gasteiger partial charge in [-0.3, -0.25) is 4.79 Å². The van der Waals surface area contributed by atoms with Crippen molar-refractivity contribution < 1.29 is 4.79 Å². The first kappa shape index (κ1) is 17.3. The summed E-state index contributed by atoms with van der Waals surface area (Å²) in [5.74, 6) is 0.232. The molecule has 0 unspecified atom stereocenters. The Hall–Kier alpha value is -2.13. The number of fused-ring (bicyclic) bond motifs is 1. The van der Waals surface area contributed by atoms with E-state index >= 15 is 0 Å². The largest absolute Gasteiger partial charge is 0.338 e. The molecule has 0 radical (unpaired) electrons. The van der Waals surface area contributed by atoms with Crippen LogP contribution in [-0.2, 0) is 6.42 Å². The second-order valence-electron chi connectivity index (χ2n) is 7.27. The van der Waals surface area contributed by atoms with Crippen molar-refractivity contribution in [2.45, 2.75) is 39.0 Å². The number of benzene rings is 2. The molecule has 4 rings (SSSR count). The normalized spacial score (nSPS) is 15.2. The number of carbonyl (C=O) groups excluding carboxylic acids is 1. The lowest BCUT2D eigenvalue weighted by Gasteiger charge is -2.20. The van der Waals surface area contributed by atoms with Crippen LogP contribution in [0.4, 0.5) is 0 Å². The summed E-state index contributed by atoms with van der Waals surface area (Å²) < 4.78 is 1.22. The highest BCUT2D eigenvalue weighted by atomic mass is 32.1. The molecule has 1 aliphatic heterocycles. The molecule has 0 aliphatic carbocycles. The number of likely N-dealkylation sites (tertiary alicyclic amines) is 1. The van der Waals surface area contributed by atoms with Crippen molar-refractivity contribution >= 4 is 27.3 Å². The molecular formula is C23H25NOS. The molecular weight excluding hydrogens is 338 g/mol. The van der Waals surface area contributed by atoms with Gasteiger partial charge in [-0.05, 0) is 48.8 Å². The van der Waals surface area contributed by atoms with Crippen LogP contribution in [0.25, 0.3) is 10.1 Å². The molecule has 3 aromatic rings. The minimum absolute atomic E-state index is 0.232. The number of aryl methyl sites for hydroxylation is 1. The minimum atomic E-state index is 0.232. The predicted molar refractivity (Wildman–Crippen MR) is 110 cm³/mol. The second kappa shape index (κ2) is 7.63. The number of nitrogens with zero attached hydrogens (tertiary/aromatic N) is 1. The molecule has 0 atom stereocenters. The van der Waals surface area contributed by atoms with Crippen LogP contribution in [0.5, 0.6) is 0 Å². The quantitative estimate of drug-likeness (QED) is 0.574. The first-order valence-corrected chi connectivity index (χ1v) is 10.4. The van der Waals surface area contributed by atoms with Crippen LogP contribution in [-0.4, -0.2) is 23.9 Å². The SMILES string of the molecule is Cc1ccc(Cc2c(C(=O)N3CCCCCC3)sc3ccccc23)cc1. The molecule has 2 aromatic carbocycles. The summed E-state index contributed by atoms with van der Waals surface area (Å²) in [7, 11) is 0. The molecule has 1 amide bonds. The lowest BCUT2D eigenvalue weighted by Crippen LogP contribution is -2.31. The van der Waals surface area contributed by atoms with E-state index in [-0.39, 0.29) is 5.91 Å². The van der Waals surface area contributed by atoms with Crippen molar-refractivity contribution in [3.63, 3.8) is 0 Å². The van der Waals surface area contributed by atoms with E-state index in [4.69, 9.17) is 0 Å². The maximum Gasteiger partial charge on any atom is 0.264 e. The van der Waals surface area contributed by atoms with E-state index in [1.165, 1.54) is 39.6 Å². The lowest BCUT2D eigenvalue weighted by molar-refractivity contribution is 0.0765. The number of carbonyl (C=O) groups is 1. The Morgan fingerprint density at radius 2 is 1.65 bits per heavy atom. The Bertz CT molecular complexity index is 902. The smallest absolute Gasteiger partial charge is 0.264 e. The highest BCUT2D eigenvalue weighted by Crippen LogP contribution is 2.34. The number of amides is 1. The van der Waals surface area contributed by atoms with Crippen molar-refractivity contribution in [3.05, 3.63) is 70.1 Å². The monoisotopic (exact) mass is 363 g/mol. The van der Waals surface area contributed by atoms with Crippen LogP contribution in [0.15, 0.2) is 48.5 Å². The van der Waals surface area contributed by atoms with Gasteiger partial charge >= 0.3 is 0 Å². The zero-order valence-corrected chi connectivity index (χ0v) is 16.1. The predicted octanol–water partition coefficient (Wildman–Crippen LogP) is 5.82. The molecule has 134 valence electrons. The maximum absolute atomic E-state index is 13.3. The Kier molecular flexibility index (Phi) is 5.07. The zero-order chi connectivity index (χ0) is 17.9. The van der Waals surface area contributed by atoms with Gasteiger partial charge in [0.1, 0.15) is 0 Å². The fourth-order valence-corrected chi connectivity index (χ4v) is 4.96. The van der Waals surface area contributed by atoms with Crippen LogP contribution >= 0.6 is 11.3 Å². The average Bonchev–Trinajstić information content (AvgIpc) is 2.83. The van der Waals surface area contributed by atoms with E-state index in [1.54, 1.807) is 11.3 Å². The highest BCUT2D eigenvalue weighted by Gasteiger charge is 2.23. The Morgan fingerprint density at radius 3 is 2.38 bits per heavy atom. The highest BCUT2D eigenvalue weighted by molar-refractivity contribution is 7.21. The molecule has 0 N–H and O–H groups in total. The third-order valence-corrected chi connectivity index (χ3v) is 6.49. The molecule has 0 saturated carbocycles. The first-order chi connectivity index (χ1) is 12.7. The number of hydrogen-bond acceptors (Lipinski definition) is 2. The van der Waals surface area contributed by atoms with E-state index in [9.17, 15) is 4.79 Å². The van der Waals surface area contributed by atoms with Crippen LogP contribution in [0.1, 0.15) is 52.0 Å². The summed E-state index contributed by atoms with van der Waals surface area (Å²) >= 11 is 1.66. The van der Waals surface area contributed by atoms with Crippen LogP contribution in [0.3, 0.4) is 0 Å². The molecule has 26 heavy (non-hydrogen) atoms. The third kappa shape index (κ3) is 3.54. The summed E-state index contributed by atoms with van der Waals surface area (Å²) in [6.45, 7) is 3.91. The minimum Gasteiger partial charge on any atom is -0.338 e. The van der Waals surface area contributed by atoms with Gasteiger partial charge in [-0.2, -0.15) is 0 Å². The van der Waals surface area contributed by atoms with E-state index < -0.39 is 0 Å². The Morgan fingerprint density at radius 1 is 0.962 bits per heavy atom. The Balaban J connectivity index is 1.73. The zero-order valence-electron chi connectivity index (χ0n) is 15.3. The van der Waals surface area contributed by atoms with E-state index in [1.807, 2.05) is 0 Å². The van der Waals surface area contributed by atoms with Crippen LogP contribution < -0.4 is 0 Å². The number of hydrogen-bond donors (Lipinski definition) is 0. The van der Waals surface area contributed by atoms with Gasteiger partial charge in [-0.1, -0.05) is 60.9 Å². The molecule has 2 nitrogen and oxygen atoms in total. The van der Waals surface area contributed by atoms with Crippen LogP contribution in [0, 0.1) is 6.92 Å². The van der Waals surface area contributed by atoms with Crippen molar-refractivity contribution in [1.29, 1.82) is 0 Å². The van der Waals surface area contributed by atoms with E-state index in [0.29, 0.717) is 0 Å². The van der Waals surface area contributed by atoms with Gasteiger partial charge in [0.25, 0.3) is 5.91 Å². The molecule has 1 aromatic heterocycles. The third-order valence-electron chi connectivity index (χ3n) is 5.29. The van der Waals surface area contributed by atoms with Crippen molar-refractivity contribution in [2.24, 2.45) is 0 Å². The lowest BCUT2D eigenvalue weighted by atomic mass is 10.0. The Labute approximate surface area is 159 Å². The van der Waals surface area contributed by atoms with Gasteiger partial charge in [0.05, 0.1) is 4.88 Å². The van der Waals surface area contributed by atoms with Crippen molar-refractivity contribution in [3.8, 4) is 0 Å². The second-order valence-corrected chi connectivity index (χ2v) is 8.33. The summed E-state index contributed by atoms with van der Waals surface area (Å²) in [6, 6.07) is 17.1. The van der Waals surface area contributed by atoms with Gasteiger partial charge in [0.2, 0.25) is 0 Å². The molecule has 3 heteroatoms. The summed E-state index contributed by atoms with van der Waals surface area (Å²) in [6.07, 6.45) is 5.56. The van der Waals surface area contributed by atoms with Gasteiger partial charge in [-0.25, -0.2) is 0 Å². The van der Waals surface area contributed by atoms with E-state index in [0.717, 1.165) is 37.2 Å². The number of thiophene rings is 1. The van der Waals surface area contributed by atoms with Crippen molar-refractivity contribution in [1.82, 2.24) is 4.90 Å².